The number of hydrogen-bond donors (Lipinski definition) is 1. The summed E-state index contributed by atoms with van der Waals surface area (Å²) < 4.78 is 5.48. The zero-order chi connectivity index (χ0) is 29.3. The summed E-state index contributed by atoms with van der Waals surface area (Å²) in [6.07, 6.45) is 13.9. The van der Waals surface area contributed by atoms with E-state index in [9.17, 15) is 4.79 Å². The van der Waals surface area contributed by atoms with Gasteiger partial charge < -0.3 is 24.8 Å². The molecule has 0 radical (unpaired) electrons. The quantitative estimate of drug-likeness (QED) is 0.568. The topological polar surface area (TPSA) is 77.1 Å². The minimum Gasteiger partial charge on any atom is -0.379 e. The van der Waals surface area contributed by atoms with Gasteiger partial charge in [-0.25, -0.2) is 14.8 Å². The lowest BCUT2D eigenvalue weighted by atomic mass is 9.91. The number of amides is 2. The van der Waals surface area contributed by atoms with Crippen LogP contribution < -0.4 is 10.2 Å². The largest absolute Gasteiger partial charge is 0.379 e. The van der Waals surface area contributed by atoms with Crippen molar-refractivity contribution in [3.8, 4) is 0 Å². The molecule has 3 aliphatic heterocycles. The van der Waals surface area contributed by atoms with Crippen LogP contribution >= 0.6 is 0 Å². The number of likely N-dealkylation sites (N-methyl/N-ethyl adjacent to an activating group) is 1. The van der Waals surface area contributed by atoms with E-state index in [1.807, 2.05) is 37.0 Å². The van der Waals surface area contributed by atoms with Crippen LogP contribution in [0.4, 0.5) is 10.5 Å². The lowest BCUT2D eigenvalue weighted by Crippen LogP contribution is -2.46. The third-order valence-corrected chi connectivity index (χ3v) is 8.78. The number of rotatable bonds is 5. The number of likely N-dealkylation sites (tertiary alicyclic amines) is 1. The number of nitrogens with zero attached hydrogens (tertiary/aromatic N) is 6. The van der Waals surface area contributed by atoms with E-state index >= 15 is 0 Å². The molecule has 1 unspecified atom stereocenters. The Bertz CT molecular complexity index is 1270. The minimum absolute atomic E-state index is 0.0343. The second kappa shape index (κ2) is 14.8. The zero-order valence-electron chi connectivity index (χ0n) is 25.5. The number of urea groups is 1. The lowest BCUT2D eigenvalue weighted by molar-refractivity contribution is 0.0330. The number of allylic oxidation sites excluding steroid dienone is 3. The first kappa shape index (κ1) is 30.2. The number of carbonyl (C=O) groups is 1. The zero-order valence-corrected chi connectivity index (χ0v) is 25.5. The summed E-state index contributed by atoms with van der Waals surface area (Å²) in [5, 5.41) is 4.25. The second-order valence-corrected chi connectivity index (χ2v) is 11.1. The summed E-state index contributed by atoms with van der Waals surface area (Å²) >= 11 is 0. The van der Waals surface area contributed by atoms with Gasteiger partial charge in [0.15, 0.2) is 0 Å². The summed E-state index contributed by atoms with van der Waals surface area (Å²) in [4.78, 5) is 31.7. The van der Waals surface area contributed by atoms with Gasteiger partial charge in [0.2, 0.25) is 0 Å². The van der Waals surface area contributed by atoms with Crippen LogP contribution in [0.25, 0.3) is 10.9 Å². The Balaban J connectivity index is 0.00000173. The number of piperazine rings is 1. The molecular weight excluding hydrogens is 526 g/mol. The van der Waals surface area contributed by atoms with Crippen LogP contribution in [0.1, 0.15) is 45.2 Å². The van der Waals surface area contributed by atoms with Gasteiger partial charge in [-0.05, 0) is 49.7 Å². The van der Waals surface area contributed by atoms with Gasteiger partial charge >= 0.3 is 6.03 Å². The van der Waals surface area contributed by atoms with Crippen molar-refractivity contribution >= 4 is 22.6 Å². The monoisotopic (exact) mass is 573 g/mol. The number of fused-ring (bicyclic) bond motifs is 1. The molecule has 0 spiro atoms. The Hall–Kier alpha value is -3.27. The fourth-order valence-corrected chi connectivity index (χ4v) is 6.27. The highest BCUT2D eigenvalue weighted by atomic mass is 16.5. The van der Waals surface area contributed by atoms with Crippen molar-refractivity contribution in [2.75, 3.05) is 77.0 Å². The minimum atomic E-state index is -0.0343. The number of ether oxygens (including phenoxy) is 1. The highest BCUT2D eigenvalue weighted by Gasteiger charge is 2.27. The Labute approximate surface area is 250 Å². The smallest absolute Gasteiger partial charge is 0.321 e. The van der Waals surface area contributed by atoms with Gasteiger partial charge in [0, 0.05) is 81.1 Å². The SMILES string of the molecule is CC.CCN1CCN(c2ccc3c(C4CCN(C(=O)NC5=CC=CC(N6CCOCC6)C=C5)CC4)ncnc3c2)CC1. The first-order chi connectivity index (χ1) is 20.7. The molecule has 1 aliphatic carbocycles. The van der Waals surface area contributed by atoms with E-state index < -0.39 is 0 Å². The molecule has 1 atom stereocenters. The number of piperidine rings is 1. The summed E-state index contributed by atoms with van der Waals surface area (Å²) in [5.74, 6) is 0.322. The molecule has 1 aromatic carbocycles. The Morgan fingerprint density at radius 3 is 2.48 bits per heavy atom. The lowest BCUT2D eigenvalue weighted by Gasteiger charge is -2.35. The molecule has 3 fully saturated rings. The van der Waals surface area contributed by atoms with Crippen LogP contribution in [0.15, 0.2) is 60.6 Å². The highest BCUT2D eigenvalue weighted by Crippen LogP contribution is 2.32. The molecule has 0 saturated carbocycles. The molecule has 6 rings (SSSR count). The van der Waals surface area contributed by atoms with Crippen molar-refractivity contribution in [1.82, 2.24) is 30.0 Å². The van der Waals surface area contributed by atoms with E-state index in [1.54, 1.807) is 6.33 Å². The van der Waals surface area contributed by atoms with Crippen LogP contribution in [0.5, 0.6) is 0 Å². The van der Waals surface area contributed by atoms with Crippen molar-refractivity contribution in [2.45, 2.75) is 45.6 Å². The van der Waals surface area contributed by atoms with Crippen molar-refractivity contribution in [1.29, 1.82) is 0 Å². The van der Waals surface area contributed by atoms with Gasteiger partial charge in [0.05, 0.1) is 24.4 Å². The highest BCUT2D eigenvalue weighted by molar-refractivity contribution is 5.85. The maximum Gasteiger partial charge on any atom is 0.321 e. The molecule has 42 heavy (non-hydrogen) atoms. The van der Waals surface area contributed by atoms with Crippen molar-refractivity contribution in [3.63, 3.8) is 0 Å². The number of morpholine rings is 1. The first-order valence-corrected chi connectivity index (χ1v) is 15.8. The standard InChI is InChI=1S/C31H41N7O2.C2H6/c1-2-35-14-16-36(17-15-35)27-8-9-28-29(22-27)32-23-33-30(28)24-10-12-38(13-11-24)31(39)34-25-4-3-5-26(7-6-25)37-18-20-40-21-19-37;1-2/h3-9,22-24,26H,2,10-21H2,1H3,(H,34,39);1-2H3. The first-order valence-electron chi connectivity index (χ1n) is 15.8. The van der Waals surface area contributed by atoms with E-state index in [-0.39, 0.29) is 12.1 Å². The molecule has 4 aliphatic rings. The van der Waals surface area contributed by atoms with Crippen molar-refractivity contribution in [2.24, 2.45) is 0 Å². The van der Waals surface area contributed by atoms with Crippen LogP contribution in [-0.4, -0.2) is 109 Å². The molecule has 0 bridgehead atoms. The summed E-state index contributed by atoms with van der Waals surface area (Å²) in [5.41, 5.74) is 4.19. The normalized spacial score (nSPS) is 22.4. The van der Waals surface area contributed by atoms with Crippen LogP contribution in [-0.2, 0) is 4.74 Å². The number of carbonyl (C=O) groups excluding carboxylic acids is 1. The molecule has 1 N–H and O–H groups in total. The Morgan fingerprint density at radius 2 is 1.74 bits per heavy atom. The molecule has 9 nitrogen and oxygen atoms in total. The second-order valence-electron chi connectivity index (χ2n) is 11.1. The van der Waals surface area contributed by atoms with Crippen LogP contribution in [0, 0.1) is 0 Å². The molecule has 1 aromatic heterocycles. The van der Waals surface area contributed by atoms with Gasteiger partial charge in [-0.1, -0.05) is 39.0 Å². The van der Waals surface area contributed by atoms with E-state index in [2.05, 4.69) is 62.3 Å². The van der Waals surface area contributed by atoms with E-state index in [0.717, 1.165) is 94.2 Å². The number of hydrogen-bond acceptors (Lipinski definition) is 7. The fraction of sp³-hybridized carbons (Fsp3) is 0.545. The fourth-order valence-electron chi connectivity index (χ4n) is 6.27. The van der Waals surface area contributed by atoms with Gasteiger partial charge in [0.1, 0.15) is 6.33 Å². The average molecular weight is 574 g/mol. The Kier molecular flexibility index (Phi) is 10.6. The number of anilines is 1. The van der Waals surface area contributed by atoms with E-state index in [4.69, 9.17) is 9.72 Å². The molecule has 226 valence electrons. The number of benzene rings is 1. The predicted octanol–water partition coefficient (Wildman–Crippen LogP) is 4.40. The van der Waals surface area contributed by atoms with Crippen LogP contribution in [0.2, 0.25) is 0 Å². The molecule has 3 saturated heterocycles. The number of aromatic nitrogens is 2. The van der Waals surface area contributed by atoms with Gasteiger partial charge in [-0.2, -0.15) is 0 Å². The summed E-state index contributed by atoms with van der Waals surface area (Å²) in [7, 11) is 0. The maximum atomic E-state index is 13.1. The van der Waals surface area contributed by atoms with Crippen molar-refractivity contribution in [3.05, 3.63) is 66.3 Å². The molecule has 2 aromatic rings. The molecule has 9 heteroatoms. The average Bonchev–Trinajstić information content (AvgIpc) is 3.31. The van der Waals surface area contributed by atoms with E-state index in [1.165, 1.54) is 5.69 Å². The van der Waals surface area contributed by atoms with Gasteiger partial charge in [-0.3, -0.25) is 4.90 Å². The van der Waals surface area contributed by atoms with Crippen LogP contribution in [0.3, 0.4) is 0 Å². The number of nitrogens with one attached hydrogen (secondary N) is 1. The Morgan fingerprint density at radius 1 is 0.976 bits per heavy atom. The van der Waals surface area contributed by atoms with E-state index in [0.29, 0.717) is 19.0 Å². The molecular formula is C33H47N7O2. The van der Waals surface area contributed by atoms with Gasteiger partial charge in [-0.15, -0.1) is 0 Å². The van der Waals surface area contributed by atoms with Gasteiger partial charge in [0.25, 0.3) is 0 Å². The molecule has 4 heterocycles. The third-order valence-electron chi connectivity index (χ3n) is 8.78. The predicted molar refractivity (Wildman–Crippen MR) is 170 cm³/mol. The van der Waals surface area contributed by atoms with Crippen molar-refractivity contribution < 1.29 is 9.53 Å². The third kappa shape index (κ3) is 7.19. The maximum absolute atomic E-state index is 13.1. The summed E-state index contributed by atoms with van der Waals surface area (Å²) in [6.45, 7) is 16.5. The summed E-state index contributed by atoms with van der Waals surface area (Å²) in [6, 6.07) is 6.85. The molecule has 2 amide bonds.